The van der Waals surface area contributed by atoms with Crippen molar-refractivity contribution in [3.8, 4) is 0 Å². The van der Waals surface area contributed by atoms with Crippen molar-refractivity contribution in [2.75, 3.05) is 6.61 Å². The first-order valence-electron chi connectivity index (χ1n) is 4.13. The lowest BCUT2D eigenvalue weighted by Crippen LogP contribution is -2.12. The Kier molecular flexibility index (Phi) is 1.60. The topological polar surface area (TPSA) is 46.5 Å². The van der Waals surface area contributed by atoms with E-state index >= 15 is 0 Å². The van der Waals surface area contributed by atoms with Crippen LogP contribution in [0.3, 0.4) is 0 Å². The van der Waals surface area contributed by atoms with E-state index in [1.807, 2.05) is 0 Å². The molecule has 2 aliphatic rings. The molecule has 11 heavy (non-hydrogen) atoms. The number of carboxylic acids is 1. The molecule has 0 bridgehead atoms. The molecule has 3 heteroatoms. The fourth-order valence-corrected chi connectivity index (χ4v) is 1.85. The summed E-state index contributed by atoms with van der Waals surface area (Å²) in [5.74, 6) is -0.418. The molecular weight excluding hydrogens is 144 g/mol. The molecule has 0 aromatic rings. The van der Waals surface area contributed by atoms with Crippen LogP contribution in [0.2, 0.25) is 0 Å². The van der Waals surface area contributed by atoms with Crippen LogP contribution in [0.25, 0.3) is 0 Å². The highest BCUT2D eigenvalue weighted by Gasteiger charge is 2.49. The lowest BCUT2D eigenvalue weighted by Gasteiger charge is -2.05. The van der Waals surface area contributed by atoms with Crippen LogP contribution in [0.4, 0.5) is 0 Å². The van der Waals surface area contributed by atoms with Gasteiger partial charge in [-0.15, -0.1) is 0 Å². The molecule has 0 spiro atoms. The van der Waals surface area contributed by atoms with E-state index in [1.165, 1.54) is 0 Å². The van der Waals surface area contributed by atoms with Crippen molar-refractivity contribution in [1.29, 1.82) is 0 Å². The predicted molar refractivity (Wildman–Crippen MR) is 38.2 cm³/mol. The Balaban J connectivity index is 1.85. The first kappa shape index (κ1) is 7.10. The van der Waals surface area contributed by atoms with Crippen molar-refractivity contribution in [1.82, 2.24) is 0 Å². The molecule has 62 valence electrons. The van der Waals surface area contributed by atoms with Crippen LogP contribution in [0.15, 0.2) is 0 Å². The Hall–Kier alpha value is -0.570. The van der Waals surface area contributed by atoms with Crippen molar-refractivity contribution < 1.29 is 14.6 Å². The average molecular weight is 156 g/mol. The van der Waals surface area contributed by atoms with Gasteiger partial charge in [-0.1, -0.05) is 0 Å². The van der Waals surface area contributed by atoms with Crippen molar-refractivity contribution >= 4 is 5.97 Å². The third-order valence-electron chi connectivity index (χ3n) is 2.60. The van der Waals surface area contributed by atoms with Crippen LogP contribution in [0.5, 0.6) is 0 Å². The number of hydrogen-bond donors (Lipinski definition) is 1. The quantitative estimate of drug-likeness (QED) is 0.645. The molecule has 0 radical (unpaired) electrons. The lowest BCUT2D eigenvalue weighted by atomic mass is 10.1. The smallest absolute Gasteiger partial charge is 0.306 e. The van der Waals surface area contributed by atoms with Gasteiger partial charge in [-0.05, 0) is 25.2 Å². The summed E-state index contributed by atoms with van der Waals surface area (Å²) >= 11 is 0. The number of aliphatic carboxylic acids is 1. The van der Waals surface area contributed by atoms with E-state index in [1.54, 1.807) is 0 Å². The summed E-state index contributed by atoms with van der Waals surface area (Å²) in [4.78, 5) is 10.5. The van der Waals surface area contributed by atoms with Gasteiger partial charge in [0.1, 0.15) is 0 Å². The third-order valence-corrected chi connectivity index (χ3v) is 2.60. The molecule has 2 fully saturated rings. The molecule has 1 heterocycles. The second-order valence-corrected chi connectivity index (χ2v) is 3.40. The van der Waals surface area contributed by atoms with E-state index in [-0.39, 0.29) is 12.0 Å². The largest absolute Gasteiger partial charge is 0.481 e. The SMILES string of the molecule is O=C(O)[C@@H]1C[C@H]1C1CCCO1. The van der Waals surface area contributed by atoms with Crippen molar-refractivity contribution in [2.45, 2.75) is 25.4 Å². The van der Waals surface area contributed by atoms with Crippen LogP contribution in [-0.2, 0) is 9.53 Å². The molecule has 0 aromatic carbocycles. The van der Waals surface area contributed by atoms with Crippen LogP contribution < -0.4 is 0 Å². The van der Waals surface area contributed by atoms with Gasteiger partial charge in [-0.3, -0.25) is 4.79 Å². The summed E-state index contributed by atoms with van der Waals surface area (Å²) in [6.45, 7) is 0.827. The summed E-state index contributed by atoms with van der Waals surface area (Å²) in [5, 5.41) is 8.63. The number of rotatable bonds is 2. The molecule has 1 saturated heterocycles. The van der Waals surface area contributed by atoms with Gasteiger partial charge in [-0.25, -0.2) is 0 Å². The van der Waals surface area contributed by atoms with Gasteiger partial charge in [0.2, 0.25) is 0 Å². The number of carbonyl (C=O) groups is 1. The summed E-state index contributed by atoms with van der Waals surface area (Å²) < 4.78 is 5.39. The molecule has 1 aliphatic carbocycles. The van der Waals surface area contributed by atoms with Gasteiger partial charge >= 0.3 is 5.97 Å². The summed E-state index contributed by atoms with van der Waals surface area (Å²) in [6.07, 6.45) is 3.26. The molecule has 1 unspecified atom stereocenters. The Labute approximate surface area is 65.4 Å². The molecule has 1 N–H and O–H groups in total. The first-order chi connectivity index (χ1) is 5.29. The third kappa shape index (κ3) is 1.25. The Morgan fingerprint density at radius 1 is 1.55 bits per heavy atom. The normalized spacial score (nSPS) is 42.4. The van der Waals surface area contributed by atoms with E-state index in [4.69, 9.17) is 9.84 Å². The van der Waals surface area contributed by atoms with Crippen molar-refractivity contribution in [3.05, 3.63) is 0 Å². The van der Waals surface area contributed by atoms with E-state index < -0.39 is 5.97 Å². The van der Waals surface area contributed by atoms with Crippen LogP contribution in [-0.4, -0.2) is 23.8 Å². The fourth-order valence-electron chi connectivity index (χ4n) is 1.85. The van der Waals surface area contributed by atoms with Crippen LogP contribution in [0.1, 0.15) is 19.3 Å². The van der Waals surface area contributed by atoms with Gasteiger partial charge < -0.3 is 9.84 Å². The molecule has 2 rings (SSSR count). The zero-order valence-electron chi connectivity index (χ0n) is 6.32. The lowest BCUT2D eigenvalue weighted by molar-refractivity contribution is -0.139. The molecule has 0 amide bonds. The highest BCUT2D eigenvalue weighted by molar-refractivity contribution is 5.73. The maximum Gasteiger partial charge on any atom is 0.306 e. The van der Waals surface area contributed by atoms with Crippen molar-refractivity contribution in [2.24, 2.45) is 11.8 Å². The highest BCUT2D eigenvalue weighted by atomic mass is 16.5. The highest BCUT2D eigenvalue weighted by Crippen LogP contribution is 2.45. The molecule has 3 nitrogen and oxygen atoms in total. The van der Waals surface area contributed by atoms with Gasteiger partial charge in [0.25, 0.3) is 0 Å². The molecular formula is C8H12O3. The van der Waals surface area contributed by atoms with Crippen LogP contribution in [0, 0.1) is 11.8 Å². The van der Waals surface area contributed by atoms with Gasteiger partial charge in [0.15, 0.2) is 0 Å². The first-order valence-corrected chi connectivity index (χ1v) is 4.13. The molecule has 1 aliphatic heterocycles. The molecule has 3 atom stereocenters. The zero-order chi connectivity index (χ0) is 7.84. The van der Waals surface area contributed by atoms with E-state index in [2.05, 4.69) is 0 Å². The summed E-state index contributed by atoms with van der Waals surface area (Å²) in [5.41, 5.74) is 0. The molecule has 1 saturated carbocycles. The molecule has 0 aromatic heterocycles. The van der Waals surface area contributed by atoms with E-state index in [0.29, 0.717) is 5.92 Å². The zero-order valence-corrected chi connectivity index (χ0v) is 6.32. The average Bonchev–Trinajstić information content (AvgIpc) is 2.60. The van der Waals surface area contributed by atoms with Gasteiger partial charge in [0.05, 0.1) is 12.0 Å². The van der Waals surface area contributed by atoms with E-state index in [9.17, 15) is 4.79 Å². The maximum absolute atomic E-state index is 10.5. The minimum atomic E-state index is -0.648. The minimum Gasteiger partial charge on any atom is -0.481 e. The number of ether oxygens (including phenoxy) is 1. The fraction of sp³-hybridized carbons (Fsp3) is 0.875. The number of carboxylic acid groups (broad SMARTS) is 1. The Bertz CT molecular complexity index is 172. The standard InChI is InChI=1S/C8H12O3/c9-8(10)6-4-5(6)7-2-1-3-11-7/h5-7H,1-4H2,(H,9,10)/t5-,6-,7?/m1/s1. The predicted octanol–water partition coefficient (Wildman–Crippen LogP) is 0.886. The maximum atomic E-state index is 10.5. The Morgan fingerprint density at radius 2 is 2.36 bits per heavy atom. The second-order valence-electron chi connectivity index (χ2n) is 3.40. The Morgan fingerprint density at radius 3 is 2.82 bits per heavy atom. The second kappa shape index (κ2) is 2.48. The van der Waals surface area contributed by atoms with Crippen LogP contribution >= 0.6 is 0 Å². The summed E-state index contributed by atoms with van der Waals surface area (Å²) in [7, 11) is 0. The minimum absolute atomic E-state index is 0.0990. The summed E-state index contributed by atoms with van der Waals surface area (Å²) in [6, 6.07) is 0. The van der Waals surface area contributed by atoms with Crippen molar-refractivity contribution in [3.63, 3.8) is 0 Å². The van der Waals surface area contributed by atoms with E-state index in [0.717, 1.165) is 25.9 Å². The number of hydrogen-bond acceptors (Lipinski definition) is 2. The van der Waals surface area contributed by atoms with Gasteiger partial charge in [0, 0.05) is 6.61 Å². The van der Waals surface area contributed by atoms with Gasteiger partial charge in [-0.2, -0.15) is 0 Å². The monoisotopic (exact) mass is 156 g/mol.